The molecule has 4 rings (SSSR count). The van der Waals surface area contributed by atoms with Gasteiger partial charge in [-0.3, -0.25) is 4.98 Å². The molecule has 1 aliphatic rings. The molecule has 0 spiro atoms. The van der Waals surface area contributed by atoms with Crippen LogP contribution in [-0.4, -0.2) is 31.8 Å². The fraction of sp³-hybridized carbons (Fsp3) is 0.294. The Kier molecular flexibility index (Phi) is 3.82. The van der Waals surface area contributed by atoms with Gasteiger partial charge in [-0.05, 0) is 53.1 Å². The molecule has 2 unspecified atom stereocenters. The van der Waals surface area contributed by atoms with Crippen LogP contribution >= 0.6 is 0 Å². The predicted octanol–water partition coefficient (Wildman–Crippen LogP) is 2.61. The van der Waals surface area contributed by atoms with E-state index in [9.17, 15) is 0 Å². The summed E-state index contributed by atoms with van der Waals surface area (Å²) in [5, 5.41) is 15.5. The molecule has 122 valence electrons. The van der Waals surface area contributed by atoms with E-state index in [1.54, 1.807) is 6.20 Å². The highest BCUT2D eigenvalue weighted by molar-refractivity contribution is 5.38. The zero-order chi connectivity index (χ0) is 16.4. The molecule has 1 aromatic carbocycles. The Bertz CT molecular complexity index is 801. The minimum atomic E-state index is 0.0668. The number of aromatic nitrogens is 5. The molecule has 0 saturated heterocycles. The van der Waals surface area contributed by atoms with Gasteiger partial charge in [0.2, 0.25) is 5.95 Å². The van der Waals surface area contributed by atoms with Crippen LogP contribution in [0.3, 0.4) is 0 Å². The average molecular weight is 322 g/mol. The standard InChI is InChI=1S/C17H18N6O/c1-2-24-14-7-5-12(6-8-14)16-10-15(13-4-3-9-18-11-13)19-17-20-21-22-23(16)17/h3-9,11,15-16H,2,10H2,1H3,(H,19,20,22). The SMILES string of the molecule is CCOc1ccc(C2CC(c3cccnc3)Nc3nnnn32)cc1. The Labute approximate surface area is 139 Å². The molecule has 7 nitrogen and oxygen atoms in total. The van der Waals surface area contributed by atoms with Crippen molar-refractivity contribution in [3.8, 4) is 5.75 Å². The van der Waals surface area contributed by atoms with Crippen molar-refractivity contribution >= 4 is 5.95 Å². The number of hydrogen-bond donors (Lipinski definition) is 1. The Morgan fingerprint density at radius 3 is 2.83 bits per heavy atom. The summed E-state index contributed by atoms with van der Waals surface area (Å²) in [4.78, 5) is 4.22. The Morgan fingerprint density at radius 2 is 2.08 bits per heavy atom. The van der Waals surface area contributed by atoms with Crippen LogP contribution < -0.4 is 10.1 Å². The van der Waals surface area contributed by atoms with Crippen LogP contribution in [0.4, 0.5) is 5.95 Å². The molecule has 7 heteroatoms. The third kappa shape index (κ3) is 2.68. The number of nitrogens with zero attached hydrogens (tertiary/aromatic N) is 5. The fourth-order valence-electron chi connectivity index (χ4n) is 3.07. The number of fused-ring (bicyclic) bond motifs is 1. The molecule has 2 atom stereocenters. The van der Waals surface area contributed by atoms with Crippen molar-refractivity contribution in [2.24, 2.45) is 0 Å². The second kappa shape index (κ2) is 6.27. The Balaban J connectivity index is 1.66. The summed E-state index contributed by atoms with van der Waals surface area (Å²) >= 11 is 0. The van der Waals surface area contributed by atoms with Crippen LogP contribution in [0.1, 0.15) is 36.6 Å². The lowest BCUT2D eigenvalue weighted by Gasteiger charge is -2.30. The van der Waals surface area contributed by atoms with E-state index in [-0.39, 0.29) is 12.1 Å². The summed E-state index contributed by atoms with van der Waals surface area (Å²) in [5.41, 5.74) is 2.28. The largest absolute Gasteiger partial charge is 0.494 e. The quantitative estimate of drug-likeness (QED) is 0.795. The first-order chi connectivity index (χ1) is 11.8. The number of pyridine rings is 1. The van der Waals surface area contributed by atoms with Crippen molar-refractivity contribution in [3.05, 3.63) is 59.9 Å². The molecule has 0 bridgehead atoms. The highest BCUT2D eigenvalue weighted by Crippen LogP contribution is 2.37. The summed E-state index contributed by atoms with van der Waals surface area (Å²) in [7, 11) is 0. The zero-order valence-corrected chi connectivity index (χ0v) is 13.3. The molecular weight excluding hydrogens is 304 g/mol. The van der Waals surface area contributed by atoms with Crippen molar-refractivity contribution in [2.75, 3.05) is 11.9 Å². The number of tetrazole rings is 1. The second-order valence-electron chi connectivity index (χ2n) is 5.68. The molecular formula is C17H18N6O. The lowest BCUT2D eigenvalue weighted by molar-refractivity contribution is 0.339. The monoisotopic (exact) mass is 322 g/mol. The van der Waals surface area contributed by atoms with Crippen LogP contribution in [0.25, 0.3) is 0 Å². The molecule has 0 aliphatic carbocycles. The molecule has 1 N–H and O–H groups in total. The molecule has 3 heterocycles. The van der Waals surface area contributed by atoms with Crippen LogP contribution in [0.2, 0.25) is 0 Å². The first kappa shape index (κ1) is 14.6. The van der Waals surface area contributed by atoms with Crippen molar-refractivity contribution in [2.45, 2.75) is 25.4 Å². The van der Waals surface area contributed by atoms with E-state index in [1.807, 2.05) is 36.0 Å². The van der Waals surface area contributed by atoms with Crippen molar-refractivity contribution in [1.82, 2.24) is 25.2 Å². The lowest BCUT2D eigenvalue weighted by Crippen LogP contribution is -2.28. The van der Waals surface area contributed by atoms with Crippen molar-refractivity contribution in [1.29, 1.82) is 0 Å². The molecule has 2 aromatic heterocycles. The summed E-state index contributed by atoms with van der Waals surface area (Å²) in [6, 6.07) is 12.3. The molecule has 0 fully saturated rings. The Morgan fingerprint density at radius 1 is 1.21 bits per heavy atom. The molecule has 3 aromatic rings. The second-order valence-corrected chi connectivity index (χ2v) is 5.68. The van der Waals surface area contributed by atoms with Crippen molar-refractivity contribution < 1.29 is 4.74 Å². The Hall–Kier alpha value is -2.96. The third-order valence-corrected chi connectivity index (χ3v) is 4.21. The topological polar surface area (TPSA) is 77.8 Å². The number of benzene rings is 1. The van der Waals surface area contributed by atoms with Gasteiger partial charge in [0.05, 0.1) is 18.7 Å². The lowest BCUT2D eigenvalue weighted by atomic mass is 9.94. The van der Waals surface area contributed by atoms with E-state index < -0.39 is 0 Å². The first-order valence-corrected chi connectivity index (χ1v) is 8.02. The smallest absolute Gasteiger partial charge is 0.243 e. The third-order valence-electron chi connectivity index (χ3n) is 4.21. The fourth-order valence-corrected chi connectivity index (χ4v) is 3.07. The number of ether oxygens (including phenoxy) is 1. The minimum absolute atomic E-state index is 0.0668. The predicted molar refractivity (Wildman–Crippen MR) is 88.8 cm³/mol. The van der Waals surface area contributed by atoms with Gasteiger partial charge in [-0.2, -0.15) is 0 Å². The van der Waals surface area contributed by atoms with Gasteiger partial charge in [0.15, 0.2) is 0 Å². The normalized spacial score (nSPS) is 19.4. The molecule has 1 aliphatic heterocycles. The highest BCUT2D eigenvalue weighted by Gasteiger charge is 2.30. The van der Waals surface area contributed by atoms with E-state index in [1.165, 1.54) is 0 Å². The number of anilines is 1. The van der Waals surface area contributed by atoms with Crippen molar-refractivity contribution in [3.63, 3.8) is 0 Å². The van der Waals surface area contributed by atoms with Gasteiger partial charge in [0.25, 0.3) is 0 Å². The summed E-state index contributed by atoms with van der Waals surface area (Å²) < 4.78 is 7.36. The van der Waals surface area contributed by atoms with Gasteiger partial charge >= 0.3 is 0 Å². The molecule has 24 heavy (non-hydrogen) atoms. The number of hydrogen-bond acceptors (Lipinski definition) is 6. The summed E-state index contributed by atoms with van der Waals surface area (Å²) in [6.07, 6.45) is 4.50. The minimum Gasteiger partial charge on any atom is -0.494 e. The molecule has 0 amide bonds. The van der Waals surface area contributed by atoms with Gasteiger partial charge in [0, 0.05) is 12.4 Å². The molecule has 0 radical (unpaired) electrons. The van der Waals surface area contributed by atoms with Crippen LogP contribution in [-0.2, 0) is 0 Å². The van der Waals surface area contributed by atoms with E-state index >= 15 is 0 Å². The highest BCUT2D eigenvalue weighted by atomic mass is 16.5. The van der Waals surface area contributed by atoms with Crippen LogP contribution in [0, 0.1) is 0 Å². The molecule has 0 saturated carbocycles. The average Bonchev–Trinajstić information content (AvgIpc) is 3.11. The zero-order valence-electron chi connectivity index (χ0n) is 13.3. The summed E-state index contributed by atoms with van der Waals surface area (Å²) in [5.74, 6) is 1.55. The number of nitrogens with one attached hydrogen (secondary N) is 1. The van der Waals surface area contributed by atoms with Gasteiger partial charge < -0.3 is 10.1 Å². The maximum absolute atomic E-state index is 5.53. The van der Waals surface area contributed by atoms with Crippen LogP contribution in [0.5, 0.6) is 5.75 Å². The van der Waals surface area contributed by atoms with Crippen LogP contribution in [0.15, 0.2) is 48.8 Å². The maximum atomic E-state index is 5.53. The first-order valence-electron chi connectivity index (χ1n) is 8.02. The van der Waals surface area contributed by atoms with E-state index in [4.69, 9.17) is 4.74 Å². The van der Waals surface area contributed by atoms with E-state index in [0.29, 0.717) is 12.6 Å². The van der Waals surface area contributed by atoms with E-state index in [0.717, 1.165) is 23.3 Å². The van der Waals surface area contributed by atoms with Gasteiger partial charge in [-0.1, -0.05) is 23.3 Å². The van der Waals surface area contributed by atoms with Gasteiger partial charge in [0.1, 0.15) is 5.75 Å². The maximum Gasteiger partial charge on any atom is 0.243 e. The summed E-state index contributed by atoms with van der Waals surface area (Å²) in [6.45, 7) is 2.64. The van der Waals surface area contributed by atoms with Gasteiger partial charge in [-0.25, -0.2) is 4.68 Å². The van der Waals surface area contributed by atoms with Gasteiger partial charge in [-0.15, -0.1) is 0 Å². The van der Waals surface area contributed by atoms with E-state index in [2.05, 4.69) is 44.0 Å². The number of rotatable bonds is 4.